The molecule has 160 valence electrons. The van der Waals surface area contributed by atoms with Crippen LogP contribution in [0.1, 0.15) is 33.6 Å². The van der Waals surface area contributed by atoms with Crippen LogP contribution in [0.5, 0.6) is 0 Å². The third-order valence-electron chi connectivity index (χ3n) is 4.09. The van der Waals surface area contributed by atoms with Crippen molar-refractivity contribution in [3.63, 3.8) is 0 Å². The van der Waals surface area contributed by atoms with Crippen molar-refractivity contribution in [1.82, 2.24) is 10.2 Å². The molecule has 2 heterocycles. The SMILES string of the molecule is O=C(O)C(F)(F)F.O=CCNc1cccc2c1C(=O)N(C1CCC(=O)NC1=O)C2=O. The fourth-order valence-electron chi connectivity index (χ4n) is 2.81. The molecule has 3 N–H and O–H groups in total. The highest BCUT2D eigenvalue weighted by molar-refractivity contribution is 6.25. The van der Waals surface area contributed by atoms with Crippen LogP contribution in [0.3, 0.4) is 0 Å². The molecule has 0 saturated carbocycles. The third-order valence-corrected chi connectivity index (χ3v) is 4.09. The molecule has 1 fully saturated rings. The van der Waals surface area contributed by atoms with E-state index in [-0.39, 0.29) is 30.5 Å². The van der Waals surface area contributed by atoms with Crippen molar-refractivity contribution >= 4 is 41.6 Å². The summed E-state index contributed by atoms with van der Waals surface area (Å²) >= 11 is 0. The number of hydrogen-bond acceptors (Lipinski definition) is 7. The van der Waals surface area contributed by atoms with Gasteiger partial charge in [-0.15, -0.1) is 0 Å². The number of halogens is 3. The standard InChI is InChI=1S/C15H13N3O5.C2HF3O2/c19-7-6-16-9-3-1-2-8-12(9)15(23)18(14(8)22)10-4-5-11(20)17-13(10)21;3-2(4,5)1(6)7/h1-3,7,10,16H,4-6H2,(H,17,20,21);(H,6,7). The Bertz CT molecular complexity index is 930. The second kappa shape index (κ2) is 8.71. The summed E-state index contributed by atoms with van der Waals surface area (Å²) in [5, 5.41) is 12.0. The fraction of sp³-hybridized carbons (Fsp3) is 0.294. The number of aliphatic carboxylic acids is 1. The first kappa shape index (κ1) is 22.5. The number of anilines is 1. The van der Waals surface area contributed by atoms with E-state index < -0.39 is 41.8 Å². The van der Waals surface area contributed by atoms with Crippen LogP contribution in [0.15, 0.2) is 18.2 Å². The van der Waals surface area contributed by atoms with E-state index in [1.165, 1.54) is 6.07 Å². The smallest absolute Gasteiger partial charge is 0.475 e. The minimum atomic E-state index is -5.08. The zero-order chi connectivity index (χ0) is 22.6. The van der Waals surface area contributed by atoms with Gasteiger partial charge in [-0.1, -0.05) is 6.07 Å². The van der Waals surface area contributed by atoms with Gasteiger partial charge in [0, 0.05) is 12.1 Å². The second-order valence-electron chi connectivity index (χ2n) is 6.03. The van der Waals surface area contributed by atoms with Crippen LogP contribution in [-0.4, -0.2) is 64.7 Å². The maximum atomic E-state index is 12.6. The molecule has 1 saturated heterocycles. The normalized spacial score (nSPS) is 18.2. The molecule has 1 aromatic carbocycles. The van der Waals surface area contributed by atoms with Crippen LogP contribution in [0.25, 0.3) is 0 Å². The molecule has 0 radical (unpaired) electrons. The number of carbonyl (C=O) groups excluding carboxylic acids is 5. The molecule has 0 aromatic heterocycles. The van der Waals surface area contributed by atoms with Crippen molar-refractivity contribution in [3.8, 4) is 0 Å². The van der Waals surface area contributed by atoms with Gasteiger partial charge in [0.1, 0.15) is 12.3 Å². The Morgan fingerprint density at radius 1 is 1.23 bits per heavy atom. The van der Waals surface area contributed by atoms with E-state index in [1.807, 2.05) is 0 Å². The lowest BCUT2D eigenvalue weighted by molar-refractivity contribution is -0.192. The highest BCUT2D eigenvalue weighted by atomic mass is 19.4. The van der Waals surface area contributed by atoms with Gasteiger partial charge in [0.05, 0.1) is 17.7 Å². The van der Waals surface area contributed by atoms with Gasteiger partial charge in [0.15, 0.2) is 0 Å². The lowest BCUT2D eigenvalue weighted by Gasteiger charge is -2.27. The minimum absolute atomic E-state index is 0.00363. The number of benzene rings is 1. The van der Waals surface area contributed by atoms with E-state index in [0.29, 0.717) is 12.0 Å². The number of carbonyl (C=O) groups is 6. The van der Waals surface area contributed by atoms with Gasteiger partial charge in [-0.05, 0) is 18.6 Å². The van der Waals surface area contributed by atoms with E-state index in [9.17, 15) is 37.1 Å². The maximum absolute atomic E-state index is 12.6. The number of carboxylic acid groups (broad SMARTS) is 1. The second-order valence-corrected chi connectivity index (χ2v) is 6.03. The van der Waals surface area contributed by atoms with Crippen molar-refractivity contribution < 1.29 is 47.0 Å². The highest BCUT2D eigenvalue weighted by Gasteiger charge is 2.45. The number of rotatable bonds is 4. The van der Waals surface area contributed by atoms with Crippen molar-refractivity contribution in [2.75, 3.05) is 11.9 Å². The summed E-state index contributed by atoms with van der Waals surface area (Å²) in [6.07, 6.45) is -4.27. The summed E-state index contributed by atoms with van der Waals surface area (Å²) in [7, 11) is 0. The summed E-state index contributed by atoms with van der Waals surface area (Å²) in [6, 6.07) is 3.67. The Morgan fingerprint density at radius 3 is 2.40 bits per heavy atom. The Labute approximate surface area is 166 Å². The predicted molar refractivity (Wildman–Crippen MR) is 91.4 cm³/mol. The number of nitrogens with zero attached hydrogens (tertiary/aromatic N) is 1. The number of nitrogens with one attached hydrogen (secondary N) is 2. The van der Waals surface area contributed by atoms with Gasteiger partial charge in [-0.2, -0.15) is 13.2 Å². The van der Waals surface area contributed by atoms with Crippen LogP contribution in [-0.2, 0) is 19.2 Å². The zero-order valence-electron chi connectivity index (χ0n) is 15.0. The lowest BCUT2D eigenvalue weighted by atomic mass is 10.0. The lowest BCUT2D eigenvalue weighted by Crippen LogP contribution is -2.54. The number of alkyl halides is 3. The van der Waals surface area contributed by atoms with E-state index in [2.05, 4.69) is 10.6 Å². The molecular weight excluding hydrogens is 415 g/mol. The summed E-state index contributed by atoms with van der Waals surface area (Å²) < 4.78 is 31.7. The maximum Gasteiger partial charge on any atom is 0.490 e. The molecule has 2 aliphatic rings. The van der Waals surface area contributed by atoms with E-state index in [1.54, 1.807) is 12.1 Å². The molecule has 1 atom stereocenters. The van der Waals surface area contributed by atoms with Crippen LogP contribution in [0.2, 0.25) is 0 Å². The summed E-state index contributed by atoms with van der Waals surface area (Å²) in [5.74, 6) is -5.01. The molecule has 30 heavy (non-hydrogen) atoms. The molecular formula is C17H14F3N3O7. The van der Waals surface area contributed by atoms with Gasteiger partial charge < -0.3 is 15.2 Å². The number of piperidine rings is 1. The summed E-state index contributed by atoms with van der Waals surface area (Å²) in [4.78, 5) is 68.6. The van der Waals surface area contributed by atoms with E-state index in [0.717, 1.165) is 4.90 Å². The summed E-state index contributed by atoms with van der Waals surface area (Å²) in [5.41, 5.74) is 0.683. The average molecular weight is 429 g/mol. The third kappa shape index (κ3) is 4.61. The number of amides is 4. The molecule has 3 rings (SSSR count). The average Bonchev–Trinajstić information content (AvgIpc) is 2.91. The zero-order valence-corrected chi connectivity index (χ0v) is 15.0. The molecule has 0 aliphatic carbocycles. The van der Waals surface area contributed by atoms with Crippen molar-refractivity contribution in [2.45, 2.75) is 25.1 Å². The van der Waals surface area contributed by atoms with Crippen molar-refractivity contribution in [2.24, 2.45) is 0 Å². The molecule has 2 aliphatic heterocycles. The quantitative estimate of drug-likeness (QED) is 0.458. The van der Waals surface area contributed by atoms with Gasteiger partial charge in [-0.3, -0.25) is 29.4 Å². The largest absolute Gasteiger partial charge is 0.490 e. The number of carboxylic acids is 1. The Kier molecular flexibility index (Phi) is 6.54. The van der Waals surface area contributed by atoms with Crippen LogP contribution < -0.4 is 10.6 Å². The molecule has 0 spiro atoms. The Hall–Kier alpha value is -3.77. The number of fused-ring (bicyclic) bond motifs is 1. The molecule has 1 unspecified atom stereocenters. The van der Waals surface area contributed by atoms with Gasteiger partial charge >= 0.3 is 12.1 Å². The first-order valence-electron chi connectivity index (χ1n) is 8.31. The van der Waals surface area contributed by atoms with Gasteiger partial charge in [-0.25, -0.2) is 4.79 Å². The van der Waals surface area contributed by atoms with Gasteiger partial charge in [0.25, 0.3) is 11.8 Å². The van der Waals surface area contributed by atoms with E-state index >= 15 is 0 Å². The molecule has 4 amide bonds. The van der Waals surface area contributed by atoms with Crippen molar-refractivity contribution in [1.29, 1.82) is 0 Å². The summed E-state index contributed by atoms with van der Waals surface area (Å²) in [6.45, 7) is -0.00363. The number of imide groups is 2. The number of hydrogen-bond donors (Lipinski definition) is 3. The monoisotopic (exact) mass is 429 g/mol. The number of aldehydes is 1. The molecule has 0 bridgehead atoms. The Morgan fingerprint density at radius 2 is 1.87 bits per heavy atom. The van der Waals surface area contributed by atoms with Crippen LogP contribution >= 0.6 is 0 Å². The van der Waals surface area contributed by atoms with Crippen LogP contribution in [0, 0.1) is 0 Å². The first-order chi connectivity index (χ1) is 14.0. The molecule has 1 aromatic rings. The first-order valence-corrected chi connectivity index (χ1v) is 8.31. The van der Waals surface area contributed by atoms with Crippen LogP contribution in [0.4, 0.5) is 18.9 Å². The fourth-order valence-corrected chi connectivity index (χ4v) is 2.81. The van der Waals surface area contributed by atoms with E-state index in [4.69, 9.17) is 9.90 Å². The minimum Gasteiger partial charge on any atom is -0.475 e. The topological polar surface area (TPSA) is 150 Å². The Balaban J connectivity index is 0.000000396. The molecule has 13 heteroatoms. The predicted octanol–water partition coefficient (Wildman–Crippen LogP) is 0.332. The highest BCUT2D eigenvalue weighted by Crippen LogP contribution is 2.32. The molecule has 10 nitrogen and oxygen atoms in total. The van der Waals surface area contributed by atoms with Gasteiger partial charge in [0.2, 0.25) is 11.8 Å². The van der Waals surface area contributed by atoms with Crippen molar-refractivity contribution in [3.05, 3.63) is 29.3 Å².